The summed E-state index contributed by atoms with van der Waals surface area (Å²) < 4.78 is 24.8. The topological polar surface area (TPSA) is 26.3 Å². The van der Waals surface area contributed by atoms with E-state index >= 15 is 0 Å². The molecule has 0 aliphatic heterocycles. The van der Waals surface area contributed by atoms with Crippen molar-refractivity contribution < 1.29 is 13.3 Å². The third-order valence-electron chi connectivity index (χ3n) is 0.294. The summed E-state index contributed by atoms with van der Waals surface area (Å²) in [5, 5.41) is 0. The number of hydrogen-bond acceptors (Lipinski definition) is 2. The summed E-state index contributed by atoms with van der Waals surface area (Å²) in [7, 11) is -2.89. The molecule has 0 saturated heterocycles. The fraction of sp³-hybridized carbons (Fsp3) is 1.00. The van der Waals surface area contributed by atoms with Crippen LogP contribution >= 0.6 is 8.34 Å². The van der Waals surface area contributed by atoms with E-state index in [9.17, 15) is 8.76 Å². The molecule has 0 aromatic heterocycles. The van der Waals surface area contributed by atoms with Crippen molar-refractivity contribution in [2.45, 2.75) is 20.0 Å². The van der Waals surface area contributed by atoms with Crippen molar-refractivity contribution in [3.05, 3.63) is 0 Å². The molecule has 0 aliphatic carbocycles. The van der Waals surface area contributed by atoms with E-state index in [4.69, 9.17) is 0 Å². The van der Waals surface area contributed by atoms with Gasteiger partial charge < -0.3 is 0 Å². The summed E-state index contributed by atoms with van der Waals surface area (Å²) in [6, 6.07) is 0. The van der Waals surface area contributed by atoms with Crippen LogP contribution in [-0.4, -0.2) is 6.10 Å². The normalized spacial score (nSPS) is 12.3. The molecule has 0 amide bonds. The molecule has 0 heterocycles. The van der Waals surface area contributed by atoms with E-state index in [1.807, 2.05) is 0 Å². The summed E-state index contributed by atoms with van der Waals surface area (Å²) in [4.78, 5) is 0. The van der Waals surface area contributed by atoms with Gasteiger partial charge in [-0.25, -0.2) is 0 Å². The Balaban J connectivity index is 3.13. The maximum absolute atomic E-state index is 11.2. The van der Waals surface area contributed by atoms with Crippen molar-refractivity contribution in [1.82, 2.24) is 0 Å². The largest absolute Gasteiger partial charge is 0.746 e. The average molecular weight is 125 g/mol. The van der Waals surface area contributed by atoms with Crippen molar-refractivity contribution in [2.24, 2.45) is 0 Å². The van der Waals surface area contributed by atoms with Crippen LogP contribution in [0, 0.1) is 0 Å². The molecule has 0 aromatic carbocycles. The first-order valence-electron chi connectivity index (χ1n) is 1.92. The lowest BCUT2D eigenvalue weighted by Crippen LogP contribution is -1.91. The van der Waals surface area contributed by atoms with Crippen LogP contribution in [0.5, 0.6) is 0 Å². The Morgan fingerprint density at radius 3 is 2.14 bits per heavy atom. The molecule has 0 spiro atoms. The van der Waals surface area contributed by atoms with Gasteiger partial charge in [0.1, 0.15) is 6.10 Å². The highest BCUT2D eigenvalue weighted by Gasteiger charge is 2.17. The van der Waals surface area contributed by atoms with Gasteiger partial charge in [0, 0.05) is 4.57 Å². The summed E-state index contributed by atoms with van der Waals surface area (Å²) in [5.74, 6) is 0. The Bertz CT molecular complexity index is 73.3. The Morgan fingerprint density at radius 2 is 2.14 bits per heavy atom. The van der Waals surface area contributed by atoms with Crippen molar-refractivity contribution in [1.29, 1.82) is 0 Å². The van der Waals surface area contributed by atoms with Crippen LogP contribution in [0.15, 0.2) is 0 Å². The summed E-state index contributed by atoms with van der Waals surface area (Å²) >= 11 is 0. The molecule has 0 saturated carbocycles. The molecule has 4 heteroatoms. The van der Waals surface area contributed by atoms with E-state index in [2.05, 4.69) is 4.52 Å². The Hall–Kier alpha value is -0.0100. The first-order valence-corrected chi connectivity index (χ1v) is 2.99. The van der Waals surface area contributed by atoms with Crippen molar-refractivity contribution in [3.8, 4) is 0 Å². The standard InChI is InChI=1S/C3H7FO2P/c1-3(2)6-7(4)5/h3H,1-2H3/q+1. The van der Waals surface area contributed by atoms with Gasteiger partial charge in [0.25, 0.3) is 0 Å². The molecule has 0 rings (SSSR count). The van der Waals surface area contributed by atoms with E-state index in [0.29, 0.717) is 0 Å². The van der Waals surface area contributed by atoms with E-state index in [1.165, 1.54) is 0 Å². The van der Waals surface area contributed by atoms with Crippen molar-refractivity contribution in [3.63, 3.8) is 0 Å². The van der Waals surface area contributed by atoms with Crippen molar-refractivity contribution >= 4 is 8.34 Å². The predicted octanol–water partition coefficient (Wildman–Crippen LogP) is 2.04. The maximum Gasteiger partial charge on any atom is 0.746 e. The molecule has 0 aromatic rings. The quantitative estimate of drug-likeness (QED) is 0.528. The zero-order valence-corrected chi connectivity index (χ0v) is 5.11. The molecule has 0 aliphatic rings. The SMILES string of the molecule is CC(C)O[P+](=O)F. The minimum Gasteiger partial charge on any atom is -0.112 e. The third-order valence-corrected chi connectivity index (χ3v) is 0.881. The number of rotatable bonds is 2. The molecule has 1 unspecified atom stereocenters. The van der Waals surface area contributed by atoms with Crippen LogP contribution < -0.4 is 0 Å². The Morgan fingerprint density at radius 1 is 1.71 bits per heavy atom. The second-order valence-corrected chi connectivity index (χ2v) is 2.00. The van der Waals surface area contributed by atoms with Gasteiger partial charge in [-0.2, -0.15) is 0 Å². The smallest absolute Gasteiger partial charge is 0.112 e. The van der Waals surface area contributed by atoms with Crippen LogP contribution in [0.4, 0.5) is 4.20 Å². The second kappa shape index (κ2) is 3.05. The Kier molecular flexibility index (Phi) is 3.05. The third kappa shape index (κ3) is 5.99. The molecule has 1 atom stereocenters. The van der Waals surface area contributed by atoms with E-state index in [1.54, 1.807) is 13.8 Å². The first-order chi connectivity index (χ1) is 3.13. The van der Waals surface area contributed by atoms with E-state index in [-0.39, 0.29) is 6.10 Å². The minimum absolute atomic E-state index is 0.284. The fourth-order valence-electron chi connectivity index (χ4n) is 0.166. The van der Waals surface area contributed by atoms with Gasteiger partial charge in [-0.15, -0.1) is 4.52 Å². The van der Waals surface area contributed by atoms with Gasteiger partial charge in [-0.1, -0.05) is 0 Å². The molecule has 0 bridgehead atoms. The molecule has 2 nitrogen and oxygen atoms in total. The lowest BCUT2D eigenvalue weighted by molar-refractivity contribution is 0.239. The van der Waals surface area contributed by atoms with E-state index < -0.39 is 8.34 Å². The predicted molar refractivity (Wildman–Crippen MR) is 24.9 cm³/mol. The fourth-order valence-corrected chi connectivity index (χ4v) is 0.497. The van der Waals surface area contributed by atoms with Gasteiger partial charge in [0.15, 0.2) is 0 Å². The molecular weight excluding hydrogens is 118 g/mol. The molecule has 0 radical (unpaired) electrons. The number of hydrogen-bond donors (Lipinski definition) is 0. The van der Waals surface area contributed by atoms with Gasteiger partial charge in [-0.05, 0) is 13.8 Å². The first kappa shape index (κ1) is 6.99. The zero-order chi connectivity index (χ0) is 5.86. The van der Waals surface area contributed by atoms with Gasteiger partial charge in [0.05, 0.1) is 4.20 Å². The van der Waals surface area contributed by atoms with Crippen LogP contribution in [0.25, 0.3) is 0 Å². The summed E-state index contributed by atoms with van der Waals surface area (Å²) in [5.41, 5.74) is 0. The highest BCUT2D eigenvalue weighted by molar-refractivity contribution is 7.32. The monoisotopic (exact) mass is 125 g/mol. The van der Waals surface area contributed by atoms with Crippen LogP contribution in [0.1, 0.15) is 13.8 Å². The zero-order valence-electron chi connectivity index (χ0n) is 4.22. The number of halogens is 1. The van der Waals surface area contributed by atoms with Gasteiger partial charge in [0.2, 0.25) is 0 Å². The van der Waals surface area contributed by atoms with Crippen LogP contribution in [-0.2, 0) is 9.09 Å². The maximum atomic E-state index is 11.2. The summed E-state index contributed by atoms with van der Waals surface area (Å²) in [6.07, 6.45) is -0.284. The summed E-state index contributed by atoms with van der Waals surface area (Å²) in [6.45, 7) is 3.24. The van der Waals surface area contributed by atoms with Gasteiger partial charge in [-0.3, -0.25) is 0 Å². The molecular formula is C3H7FO2P+. The lowest BCUT2D eigenvalue weighted by Gasteiger charge is -1.84. The van der Waals surface area contributed by atoms with Crippen LogP contribution in [0.3, 0.4) is 0 Å². The molecule has 0 N–H and O–H groups in total. The molecule has 7 heavy (non-hydrogen) atoms. The Labute approximate surface area is 42.7 Å². The highest BCUT2D eigenvalue weighted by Crippen LogP contribution is 2.24. The average Bonchev–Trinajstić information content (AvgIpc) is 1.27. The minimum atomic E-state index is -2.89. The van der Waals surface area contributed by atoms with E-state index in [0.717, 1.165) is 0 Å². The molecule has 0 fully saturated rings. The highest BCUT2D eigenvalue weighted by atomic mass is 31.2. The van der Waals surface area contributed by atoms with Crippen LogP contribution in [0.2, 0.25) is 0 Å². The van der Waals surface area contributed by atoms with Gasteiger partial charge >= 0.3 is 8.34 Å². The van der Waals surface area contributed by atoms with Crippen molar-refractivity contribution in [2.75, 3.05) is 0 Å². The molecule has 42 valence electrons. The lowest BCUT2D eigenvalue weighted by atomic mass is 10.5. The second-order valence-electron chi connectivity index (χ2n) is 1.37.